The molecule has 0 saturated heterocycles. The summed E-state index contributed by atoms with van der Waals surface area (Å²) in [7, 11) is 0. The van der Waals surface area contributed by atoms with E-state index in [0.717, 1.165) is 43.2 Å². The lowest BCUT2D eigenvalue weighted by atomic mass is 10.0. The standard InChI is InChI=1S/C14H21Cl2NO/c1-3-8-17-14(7-9-18-4-2)12-10-11(15)5-6-13(12)16/h5-6,10,14,17H,3-4,7-9H2,1-2H3. The minimum absolute atomic E-state index is 0.197. The highest BCUT2D eigenvalue weighted by molar-refractivity contribution is 6.33. The Kier molecular flexibility index (Phi) is 7.68. The monoisotopic (exact) mass is 289 g/mol. The lowest BCUT2D eigenvalue weighted by Crippen LogP contribution is -2.24. The van der Waals surface area contributed by atoms with Gasteiger partial charge in [0.1, 0.15) is 0 Å². The Morgan fingerprint density at radius 1 is 1.28 bits per heavy atom. The number of halogens is 2. The summed E-state index contributed by atoms with van der Waals surface area (Å²) in [6.45, 7) is 6.57. The summed E-state index contributed by atoms with van der Waals surface area (Å²) in [4.78, 5) is 0. The largest absolute Gasteiger partial charge is 0.382 e. The van der Waals surface area contributed by atoms with E-state index in [0.29, 0.717) is 5.02 Å². The average molecular weight is 290 g/mol. The van der Waals surface area contributed by atoms with E-state index in [1.54, 1.807) is 0 Å². The van der Waals surface area contributed by atoms with Gasteiger partial charge in [-0.25, -0.2) is 0 Å². The predicted octanol–water partition coefficient (Wildman–Crippen LogP) is 4.46. The van der Waals surface area contributed by atoms with Gasteiger partial charge >= 0.3 is 0 Å². The van der Waals surface area contributed by atoms with Gasteiger partial charge in [0.25, 0.3) is 0 Å². The van der Waals surface area contributed by atoms with Crippen molar-refractivity contribution >= 4 is 23.2 Å². The second-order valence-corrected chi connectivity index (χ2v) is 5.00. The Morgan fingerprint density at radius 3 is 2.72 bits per heavy atom. The first-order chi connectivity index (χ1) is 8.69. The smallest absolute Gasteiger partial charge is 0.0484 e. The normalized spacial score (nSPS) is 12.7. The first-order valence-corrected chi connectivity index (χ1v) is 7.20. The summed E-state index contributed by atoms with van der Waals surface area (Å²) >= 11 is 12.3. The fourth-order valence-electron chi connectivity index (χ4n) is 1.81. The van der Waals surface area contributed by atoms with E-state index in [-0.39, 0.29) is 6.04 Å². The van der Waals surface area contributed by atoms with Gasteiger partial charge in [-0.15, -0.1) is 0 Å². The average Bonchev–Trinajstić information content (AvgIpc) is 2.37. The summed E-state index contributed by atoms with van der Waals surface area (Å²) in [5.41, 5.74) is 1.05. The molecule has 2 nitrogen and oxygen atoms in total. The molecular formula is C14H21Cl2NO. The highest BCUT2D eigenvalue weighted by atomic mass is 35.5. The van der Waals surface area contributed by atoms with Crippen LogP contribution in [0.2, 0.25) is 10.0 Å². The van der Waals surface area contributed by atoms with Crippen molar-refractivity contribution in [3.8, 4) is 0 Å². The van der Waals surface area contributed by atoms with Crippen LogP contribution in [0.4, 0.5) is 0 Å². The van der Waals surface area contributed by atoms with Crippen molar-refractivity contribution in [2.75, 3.05) is 19.8 Å². The van der Waals surface area contributed by atoms with E-state index in [9.17, 15) is 0 Å². The molecule has 1 rings (SSSR count). The molecule has 0 fully saturated rings. The molecule has 0 saturated carbocycles. The molecule has 0 aliphatic rings. The van der Waals surface area contributed by atoms with Crippen LogP contribution >= 0.6 is 23.2 Å². The van der Waals surface area contributed by atoms with Crippen molar-refractivity contribution in [3.05, 3.63) is 33.8 Å². The van der Waals surface area contributed by atoms with Crippen molar-refractivity contribution in [2.24, 2.45) is 0 Å². The molecular weight excluding hydrogens is 269 g/mol. The van der Waals surface area contributed by atoms with Gasteiger partial charge in [0.15, 0.2) is 0 Å². The van der Waals surface area contributed by atoms with Crippen molar-refractivity contribution in [3.63, 3.8) is 0 Å². The van der Waals surface area contributed by atoms with Crippen LogP contribution in [0.5, 0.6) is 0 Å². The Balaban J connectivity index is 2.75. The lowest BCUT2D eigenvalue weighted by Gasteiger charge is -2.20. The second-order valence-electron chi connectivity index (χ2n) is 4.16. The van der Waals surface area contributed by atoms with Crippen LogP contribution in [-0.4, -0.2) is 19.8 Å². The Bertz CT molecular complexity index is 358. The summed E-state index contributed by atoms with van der Waals surface area (Å²) in [5, 5.41) is 4.96. The summed E-state index contributed by atoms with van der Waals surface area (Å²) < 4.78 is 5.42. The summed E-state index contributed by atoms with van der Waals surface area (Å²) in [5.74, 6) is 0. The molecule has 102 valence electrons. The fourth-order valence-corrected chi connectivity index (χ4v) is 2.24. The number of ether oxygens (including phenoxy) is 1. The van der Waals surface area contributed by atoms with Crippen molar-refractivity contribution < 1.29 is 4.74 Å². The first-order valence-electron chi connectivity index (χ1n) is 6.45. The topological polar surface area (TPSA) is 21.3 Å². The van der Waals surface area contributed by atoms with Crippen LogP contribution in [0.1, 0.15) is 38.3 Å². The fraction of sp³-hybridized carbons (Fsp3) is 0.571. The third kappa shape index (κ3) is 5.15. The molecule has 0 aliphatic heterocycles. The number of benzene rings is 1. The third-order valence-electron chi connectivity index (χ3n) is 2.73. The van der Waals surface area contributed by atoms with E-state index in [1.165, 1.54) is 0 Å². The molecule has 1 unspecified atom stereocenters. The zero-order valence-electron chi connectivity index (χ0n) is 11.0. The van der Waals surface area contributed by atoms with Gasteiger partial charge < -0.3 is 10.1 Å². The van der Waals surface area contributed by atoms with Gasteiger partial charge in [-0.1, -0.05) is 30.1 Å². The molecule has 1 N–H and O–H groups in total. The molecule has 1 aromatic rings. The van der Waals surface area contributed by atoms with E-state index in [1.807, 2.05) is 25.1 Å². The van der Waals surface area contributed by atoms with Crippen LogP contribution in [0.25, 0.3) is 0 Å². The summed E-state index contributed by atoms with van der Waals surface area (Å²) in [6, 6.07) is 5.79. The maximum absolute atomic E-state index is 6.24. The highest BCUT2D eigenvalue weighted by Crippen LogP contribution is 2.28. The lowest BCUT2D eigenvalue weighted by molar-refractivity contribution is 0.136. The van der Waals surface area contributed by atoms with E-state index >= 15 is 0 Å². The van der Waals surface area contributed by atoms with Gasteiger partial charge in [-0.05, 0) is 50.1 Å². The molecule has 1 atom stereocenters. The summed E-state index contributed by atoms with van der Waals surface area (Å²) in [6.07, 6.45) is 1.98. The van der Waals surface area contributed by atoms with Crippen molar-refractivity contribution in [1.82, 2.24) is 5.32 Å². The van der Waals surface area contributed by atoms with Crippen LogP contribution in [-0.2, 0) is 4.74 Å². The van der Waals surface area contributed by atoms with Crippen molar-refractivity contribution in [1.29, 1.82) is 0 Å². The quantitative estimate of drug-likeness (QED) is 0.714. The molecule has 1 aromatic carbocycles. The van der Waals surface area contributed by atoms with Gasteiger partial charge in [0, 0.05) is 29.3 Å². The maximum atomic E-state index is 6.24. The van der Waals surface area contributed by atoms with E-state index in [4.69, 9.17) is 27.9 Å². The van der Waals surface area contributed by atoms with Gasteiger partial charge in [-0.2, -0.15) is 0 Å². The minimum atomic E-state index is 0.197. The maximum Gasteiger partial charge on any atom is 0.0484 e. The molecule has 4 heteroatoms. The Hall–Kier alpha value is -0.280. The molecule has 0 bridgehead atoms. The van der Waals surface area contributed by atoms with Gasteiger partial charge in [-0.3, -0.25) is 0 Å². The zero-order chi connectivity index (χ0) is 13.4. The first kappa shape index (κ1) is 15.8. The number of hydrogen-bond acceptors (Lipinski definition) is 2. The molecule has 0 aromatic heterocycles. The highest BCUT2D eigenvalue weighted by Gasteiger charge is 2.14. The second kappa shape index (κ2) is 8.76. The minimum Gasteiger partial charge on any atom is -0.382 e. The Labute approximate surface area is 120 Å². The molecule has 0 radical (unpaired) electrons. The molecule has 0 aliphatic carbocycles. The third-order valence-corrected chi connectivity index (χ3v) is 3.31. The van der Waals surface area contributed by atoms with E-state index in [2.05, 4.69) is 12.2 Å². The predicted molar refractivity (Wildman–Crippen MR) is 78.6 cm³/mol. The van der Waals surface area contributed by atoms with Gasteiger partial charge in [0.2, 0.25) is 0 Å². The van der Waals surface area contributed by atoms with Crippen molar-refractivity contribution in [2.45, 2.75) is 32.7 Å². The number of rotatable bonds is 8. The molecule has 0 spiro atoms. The van der Waals surface area contributed by atoms with Crippen LogP contribution in [0.15, 0.2) is 18.2 Å². The molecule has 18 heavy (non-hydrogen) atoms. The van der Waals surface area contributed by atoms with Gasteiger partial charge in [0.05, 0.1) is 0 Å². The number of hydrogen-bond donors (Lipinski definition) is 1. The van der Waals surface area contributed by atoms with E-state index < -0.39 is 0 Å². The SMILES string of the molecule is CCCNC(CCOCC)c1cc(Cl)ccc1Cl. The molecule has 0 heterocycles. The van der Waals surface area contributed by atoms with Crippen LogP contribution in [0.3, 0.4) is 0 Å². The zero-order valence-corrected chi connectivity index (χ0v) is 12.5. The number of nitrogens with one attached hydrogen (secondary N) is 1. The molecule has 0 amide bonds. The van der Waals surface area contributed by atoms with Crippen LogP contribution < -0.4 is 5.32 Å². The van der Waals surface area contributed by atoms with Crippen LogP contribution in [0, 0.1) is 0 Å². The Morgan fingerprint density at radius 2 is 2.06 bits per heavy atom.